The van der Waals surface area contributed by atoms with E-state index in [1.54, 1.807) is 0 Å². The lowest BCUT2D eigenvalue weighted by Crippen LogP contribution is -2.18. The molecule has 0 spiro atoms. The zero-order chi connectivity index (χ0) is 14.1. The smallest absolute Gasteiger partial charge is 0.131 e. The van der Waals surface area contributed by atoms with Crippen molar-refractivity contribution >= 4 is 0 Å². The Kier molecular flexibility index (Phi) is 3.40. The van der Waals surface area contributed by atoms with Crippen LogP contribution in [0.25, 0.3) is 0 Å². The summed E-state index contributed by atoms with van der Waals surface area (Å²) in [6, 6.07) is 8.51. The van der Waals surface area contributed by atoms with Crippen molar-refractivity contribution in [1.82, 2.24) is 0 Å². The Morgan fingerprint density at radius 1 is 1.10 bits per heavy atom. The number of para-hydroxylation sites is 1. The average Bonchev–Trinajstić information content (AvgIpc) is 2.46. The zero-order valence-corrected chi connectivity index (χ0v) is 10.9. The molecule has 2 aromatic rings. The third kappa shape index (κ3) is 2.27. The number of aryl methyl sites for hydroxylation is 1. The lowest BCUT2D eigenvalue weighted by Gasteiger charge is -2.23. The number of hydrogen-bond donors (Lipinski definition) is 1. The summed E-state index contributed by atoms with van der Waals surface area (Å²) < 4.78 is 32.5. The second kappa shape index (κ2) is 5.21. The van der Waals surface area contributed by atoms with Gasteiger partial charge in [0.15, 0.2) is 0 Å². The predicted octanol–water partition coefficient (Wildman–Crippen LogP) is 3.34. The van der Waals surface area contributed by atoms with Crippen LogP contribution in [0.4, 0.5) is 8.78 Å². The maximum atomic E-state index is 13.9. The summed E-state index contributed by atoms with van der Waals surface area (Å²) in [6.07, 6.45) is 1.90. The SMILES string of the molecule is NC(c1ccc(F)cc1F)c1cccc2c1OCCC2. The van der Waals surface area contributed by atoms with E-state index in [1.165, 1.54) is 12.1 Å². The molecule has 0 bridgehead atoms. The van der Waals surface area contributed by atoms with Crippen LogP contribution in [0, 0.1) is 11.6 Å². The molecule has 2 nitrogen and oxygen atoms in total. The van der Waals surface area contributed by atoms with E-state index >= 15 is 0 Å². The highest BCUT2D eigenvalue weighted by Crippen LogP contribution is 2.35. The maximum absolute atomic E-state index is 13.9. The molecule has 0 radical (unpaired) electrons. The van der Waals surface area contributed by atoms with Gasteiger partial charge in [-0.2, -0.15) is 0 Å². The standard InChI is InChI=1S/C16H15F2NO/c17-11-6-7-12(14(18)9-11)15(19)13-5-1-3-10-4-2-8-20-16(10)13/h1,3,5-7,9,15H,2,4,8,19H2. The van der Waals surface area contributed by atoms with Crippen LogP contribution in [-0.2, 0) is 6.42 Å². The average molecular weight is 275 g/mol. The molecular formula is C16H15F2NO. The number of fused-ring (bicyclic) bond motifs is 1. The van der Waals surface area contributed by atoms with Crippen molar-refractivity contribution in [2.24, 2.45) is 5.73 Å². The molecule has 1 heterocycles. The number of ether oxygens (including phenoxy) is 1. The summed E-state index contributed by atoms with van der Waals surface area (Å²) in [5.74, 6) is -0.495. The Morgan fingerprint density at radius 3 is 2.75 bits per heavy atom. The van der Waals surface area contributed by atoms with Crippen LogP contribution in [0.2, 0.25) is 0 Å². The summed E-state index contributed by atoms with van der Waals surface area (Å²) in [7, 11) is 0. The number of benzene rings is 2. The molecule has 1 unspecified atom stereocenters. The van der Waals surface area contributed by atoms with Crippen LogP contribution in [0.5, 0.6) is 5.75 Å². The van der Waals surface area contributed by atoms with Crippen LogP contribution in [-0.4, -0.2) is 6.61 Å². The van der Waals surface area contributed by atoms with Gasteiger partial charge in [-0.1, -0.05) is 24.3 Å². The summed E-state index contributed by atoms with van der Waals surface area (Å²) in [4.78, 5) is 0. The number of halogens is 2. The Balaban J connectivity index is 2.04. The van der Waals surface area contributed by atoms with Gasteiger partial charge in [0, 0.05) is 17.2 Å². The van der Waals surface area contributed by atoms with Gasteiger partial charge in [-0.15, -0.1) is 0 Å². The van der Waals surface area contributed by atoms with Crippen molar-refractivity contribution in [2.75, 3.05) is 6.61 Å². The van der Waals surface area contributed by atoms with Crippen molar-refractivity contribution in [3.8, 4) is 5.75 Å². The Bertz CT molecular complexity index is 642. The second-order valence-corrected chi connectivity index (χ2v) is 4.93. The molecule has 0 aromatic heterocycles. The molecule has 0 fully saturated rings. The van der Waals surface area contributed by atoms with E-state index in [9.17, 15) is 8.78 Å². The van der Waals surface area contributed by atoms with Gasteiger partial charge < -0.3 is 10.5 Å². The van der Waals surface area contributed by atoms with E-state index in [0.717, 1.165) is 35.8 Å². The monoisotopic (exact) mass is 275 g/mol. The van der Waals surface area contributed by atoms with E-state index in [0.29, 0.717) is 6.61 Å². The molecule has 0 saturated carbocycles. The van der Waals surface area contributed by atoms with Gasteiger partial charge in [0.2, 0.25) is 0 Å². The fraction of sp³-hybridized carbons (Fsp3) is 0.250. The molecule has 2 N–H and O–H groups in total. The summed E-state index contributed by atoms with van der Waals surface area (Å²) >= 11 is 0. The highest BCUT2D eigenvalue weighted by molar-refractivity contribution is 5.47. The number of hydrogen-bond acceptors (Lipinski definition) is 2. The first-order valence-electron chi connectivity index (χ1n) is 6.62. The van der Waals surface area contributed by atoms with Gasteiger partial charge >= 0.3 is 0 Å². The van der Waals surface area contributed by atoms with Gasteiger partial charge in [0.25, 0.3) is 0 Å². The summed E-state index contributed by atoms with van der Waals surface area (Å²) in [5.41, 5.74) is 8.25. The molecular weight excluding hydrogens is 260 g/mol. The van der Waals surface area contributed by atoms with Gasteiger partial charge in [-0.3, -0.25) is 0 Å². The van der Waals surface area contributed by atoms with Gasteiger partial charge in [0.05, 0.1) is 12.6 Å². The zero-order valence-electron chi connectivity index (χ0n) is 10.9. The number of nitrogens with two attached hydrogens (primary N) is 1. The quantitative estimate of drug-likeness (QED) is 0.912. The van der Waals surface area contributed by atoms with Crippen molar-refractivity contribution in [3.05, 3.63) is 64.7 Å². The maximum Gasteiger partial charge on any atom is 0.131 e. The molecule has 1 aliphatic rings. The molecule has 2 aromatic carbocycles. The van der Waals surface area contributed by atoms with Crippen LogP contribution in [0.15, 0.2) is 36.4 Å². The second-order valence-electron chi connectivity index (χ2n) is 4.93. The minimum absolute atomic E-state index is 0.272. The Hall–Kier alpha value is -1.94. The minimum atomic E-state index is -0.663. The first-order valence-corrected chi connectivity index (χ1v) is 6.62. The lowest BCUT2D eigenvalue weighted by atomic mass is 9.94. The number of rotatable bonds is 2. The van der Waals surface area contributed by atoms with Gasteiger partial charge in [-0.05, 0) is 24.5 Å². The third-order valence-electron chi connectivity index (χ3n) is 3.60. The molecule has 1 atom stereocenters. The molecule has 20 heavy (non-hydrogen) atoms. The van der Waals surface area contributed by atoms with Gasteiger partial charge in [-0.25, -0.2) is 8.78 Å². The van der Waals surface area contributed by atoms with E-state index in [4.69, 9.17) is 10.5 Å². The van der Waals surface area contributed by atoms with Crippen molar-refractivity contribution in [2.45, 2.75) is 18.9 Å². The predicted molar refractivity (Wildman–Crippen MR) is 72.6 cm³/mol. The van der Waals surface area contributed by atoms with E-state index in [-0.39, 0.29) is 5.56 Å². The summed E-state index contributed by atoms with van der Waals surface area (Å²) in [5, 5.41) is 0. The topological polar surface area (TPSA) is 35.2 Å². The van der Waals surface area contributed by atoms with Crippen LogP contribution >= 0.6 is 0 Å². The Morgan fingerprint density at radius 2 is 1.95 bits per heavy atom. The molecule has 3 rings (SSSR count). The van der Waals surface area contributed by atoms with Crippen molar-refractivity contribution < 1.29 is 13.5 Å². The fourth-order valence-electron chi connectivity index (χ4n) is 2.58. The van der Waals surface area contributed by atoms with Crippen LogP contribution in [0.1, 0.15) is 29.2 Å². The normalized spacial score (nSPS) is 15.3. The first-order chi connectivity index (χ1) is 9.66. The molecule has 0 amide bonds. The molecule has 0 saturated heterocycles. The van der Waals surface area contributed by atoms with Gasteiger partial charge in [0.1, 0.15) is 17.4 Å². The lowest BCUT2D eigenvalue weighted by molar-refractivity contribution is 0.284. The van der Waals surface area contributed by atoms with Crippen LogP contribution < -0.4 is 10.5 Å². The molecule has 1 aliphatic heterocycles. The molecule has 0 aliphatic carbocycles. The highest BCUT2D eigenvalue weighted by Gasteiger charge is 2.21. The van der Waals surface area contributed by atoms with E-state index in [1.807, 2.05) is 18.2 Å². The molecule has 4 heteroatoms. The third-order valence-corrected chi connectivity index (χ3v) is 3.60. The van der Waals surface area contributed by atoms with Crippen LogP contribution in [0.3, 0.4) is 0 Å². The van der Waals surface area contributed by atoms with Crippen molar-refractivity contribution in [3.63, 3.8) is 0 Å². The van der Waals surface area contributed by atoms with Crippen molar-refractivity contribution in [1.29, 1.82) is 0 Å². The fourth-order valence-corrected chi connectivity index (χ4v) is 2.58. The first kappa shape index (κ1) is 13.1. The van der Waals surface area contributed by atoms with E-state index in [2.05, 4.69) is 0 Å². The minimum Gasteiger partial charge on any atom is -0.493 e. The summed E-state index contributed by atoms with van der Waals surface area (Å²) in [6.45, 7) is 0.642. The van der Waals surface area contributed by atoms with E-state index < -0.39 is 17.7 Å². The Labute approximate surface area is 116 Å². The largest absolute Gasteiger partial charge is 0.493 e. The highest BCUT2D eigenvalue weighted by atomic mass is 19.1. The molecule has 104 valence electrons.